The molecule has 7 nitrogen and oxygen atoms in total. The molecular weight excluding hydrogens is 430 g/mol. The van der Waals surface area contributed by atoms with E-state index >= 15 is 0 Å². The molecular formula is C27H25N3O4. The smallest absolute Gasteiger partial charge is 0.290 e. The molecule has 1 aliphatic rings. The molecule has 0 saturated carbocycles. The number of imidazole rings is 1. The molecule has 2 aromatic heterocycles. The van der Waals surface area contributed by atoms with Crippen LogP contribution in [0.5, 0.6) is 0 Å². The second-order valence-electron chi connectivity index (χ2n) is 8.39. The topological polar surface area (TPSA) is 88.6 Å². The molecule has 0 bridgehead atoms. The lowest BCUT2D eigenvalue weighted by Crippen LogP contribution is -2.32. The Morgan fingerprint density at radius 1 is 1.12 bits per heavy atom. The molecule has 3 heterocycles. The van der Waals surface area contributed by atoms with E-state index < -0.39 is 23.5 Å². The van der Waals surface area contributed by atoms with E-state index in [4.69, 9.17) is 4.42 Å². The molecule has 172 valence electrons. The monoisotopic (exact) mass is 455 g/mol. The van der Waals surface area contributed by atoms with Crippen molar-refractivity contribution in [2.45, 2.75) is 32.4 Å². The zero-order valence-electron chi connectivity index (χ0n) is 18.8. The summed E-state index contributed by atoms with van der Waals surface area (Å²) in [5.74, 6) is -1.44. The van der Waals surface area contributed by atoms with Crippen LogP contribution in [0.4, 0.5) is 0 Å². The van der Waals surface area contributed by atoms with Gasteiger partial charge in [0.2, 0.25) is 5.78 Å². The van der Waals surface area contributed by atoms with Crippen molar-refractivity contribution in [3.05, 3.63) is 102 Å². The number of aliphatic hydroxyl groups is 1. The van der Waals surface area contributed by atoms with Gasteiger partial charge >= 0.3 is 0 Å². The zero-order chi connectivity index (χ0) is 23.7. The summed E-state index contributed by atoms with van der Waals surface area (Å²) in [7, 11) is 0. The van der Waals surface area contributed by atoms with Crippen LogP contribution in [0.1, 0.15) is 41.1 Å². The maximum absolute atomic E-state index is 13.6. The number of rotatable bonds is 8. The number of hydrogen-bond donors (Lipinski definition) is 1. The van der Waals surface area contributed by atoms with E-state index in [1.807, 2.05) is 53.2 Å². The average Bonchev–Trinajstić information content (AvgIpc) is 3.59. The number of amides is 1. The van der Waals surface area contributed by atoms with Gasteiger partial charge in [0.1, 0.15) is 5.58 Å². The van der Waals surface area contributed by atoms with Gasteiger partial charge in [-0.15, -0.1) is 0 Å². The first-order chi connectivity index (χ1) is 16.6. The highest BCUT2D eigenvalue weighted by molar-refractivity contribution is 6.16. The van der Waals surface area contributed by atoms with E-state index in [9.17, 15) is 14.7 Å². The van der Waals surface area contributed by atoms with Crippen LogP contribution in [0.25, 0.3) is 11.0 Å². The van der Waals surface area contributed by atoms with Gasteiger partial charge in [-0.3, -0.25) is 9.59 Å². The normalized spacial score (nSPS) is 16.1. The van der Waals surface area contributed by atoms with Crippen molar-refractivity contribution in [3.8, 4) is 0 Å². The summed E-state index contributed by atoms with van der Waals surface area (Å²) in [6, 6.07) is 16.1. The number of Topliss-reactive ketones (excluding diaryl/α,β-unsaturated/α-hetero) is 1. The summed E-state index contributed by atoms with van der Waals surface area (Å²) >= 11 is 0. The zero-order valence-corrected chi connectivity index (χ0v) is 18.8. The third kappa shape index (κ3) is 3.90. The molecule has 1 amide bonds. The maximum atomic E-state index is 13.6. The Hall–Kier alpha value is -4.13. The number of benzene rings is 2. The molecule has 34 heavy (non-hydrogen) atoms. The van der Waals surface area contributed by atoms with Crippen LogP contribution in [0.3, 0.4) is 0 Å². The highest BCUT2D eigenvalue weighted by Gasteiger charge is 2.44. The first-order valence-corrected chi connectivity index (χ1v) is 11.4. The fraction of sp³-hybridized carbons (Fsp3) is 0.222. The van der Waals surface area contributed by atoms with Crippen LogP contribution >= 0.6 is 0 Å². The van der Waals surface area contributed by atoms with E-state index in [2.05, 4.69) is 11.9 Å². The van der Waals surface area contributed by atoms with Gasteiger partial charge in [0, 0.05) is 30.9 Å². The molecule has 0 unspecified atom stereocenters. The number of nitrogens with zero attached hydrogens (tertiary/aromatic N) is 3. The van der Waals surface area contributed by atoms with Gasteiger partial charge in [-0.25, -0.2) is 4.98 Å². The second-order valence-corrected chi connectivity index (χ2v) is 8.39. The van der Waals surface area contributed by atoms with Gasteiger partial charge in [-0.2, -0.15) is 0 Å². The molecule has 0 aliphatic carbocycles. The molecule has 2 aromatic carbocycles. The number of hydrogen-bond acceptors (Lipinski definition) is 5. The first-order valence-electron chi connectivity index (χ1n) is 11.4. The molecule has 0 fully saturated rings. The van der Waals surface area contributed by atoms with Crippen molar-refractivity contribution in [1.82, 2.24) is 14.5 Å². The van der Waals surface area contributed by atoms with E-state index in [0.29, 0.717) is 25.1 Å². The minimum atomic E-state index is -0.693. The molecule has 0 spiro atoms. The number of ketones is 1. The van der Waals surface area contributed by atoms with Crippen molar-refractivity contribution in [2.75, 3.05) is 6.54 Å². The minimum Gasteiger partial charge on any atom is -0.503 e. The number of aromatic nitrogens is 2. The number of furan rings is 1. The van der Waals surface area contributed by atoms with Gasteiger partial charge in [-0.05, 0) is 36.1 Å². The van der Waals surface area contributed by atoms with E-state index in [-0.39, 0.29) is 11.3 Å². The Kier molecular flexibility index (Phi) is 5.76. The van der Waals surface area contributed by atoms with E-state index in [1.165, 1.54) is 0 Å². The van der Waals surface area contributed by atoms with Gasteiger partial charge in [-0.1, -0.05) is 49.4 Å². The highest BCUT2D eigenvalue weighted by Crippen LogP contribution is 2.39. The fourth-order valence-electron chi connectivity index (χ4n) is 4.47. The Morgan fingerprint density at radius 3 is 2.62 bits per heavy atom. The standard InChI is InChI=1S/C27H25N3O4/c1-2-18-8-10-19(11-9-18)24-23(25(31)22-16-20-6-3-4-7-21(20)34-22)26(32)27(33)30(24)14-5-13-29-15-12-28-17-29/h3-4,6-12,15-17,24,32H,2,5,13-14H2,1H3/t24-/m0/s1. The number of aryl methyl sites for hydroxylation is 2. The number of fused-ring (bicyclic) bond motifs is 1. The largest absolute Gasteiger partial charge is 0.503 e. The number of aliphatic hydroxyl groups excluding tert-OH is 1. The summed E-state index contributed by atoms with van der Waals surface area (Å²) in [4.78, 5) is 32.3. The quantitative estimate of drug-likeness (QED) is 0.383. The predicted molar refractivity (Wildman–Crippen MR) is 127 cm³/mol. The van der Waals surface area contributed by atoms with Crippen LogP contribution in [-0.4, -0.2) is 37.8 Å². The summed E-state index contributed by atoms with van der Waals surface area (Å²) in [6.07, 6.45) is 6.81. The summed E-state index contributed by atoms with van der Waals surface area (Å²) in [5.41, 5.74) is 2.56. The summed E-state index contributed by atoms with van der Waals surface area (Å²) < 4.78 is 7.71. The Bertz CT molecular complexity index is 1330. The highest BCUT2D eigenvalue weighted by atomic mass is 16.3. The lowest BCUT2D eigenvalue weighted by atomic mass is 9.94. The number of para-hydroxylation sites is 1. The molecule has 5 rings (SSSR count). The van der Waals surface area contributed by atoms with E-state index in [0.717, 1.165) is 22.9 Å². The Balaban J connectivity index is 1.50. The molecule has 1 aliphatic heterocycles. The lowest BCUT2D eigenvalue weighted by Gasteiger charge is -2.27. The van der Waals surface area contributed by atoms with Crippen molar-refractivity contribution in [3.63, 3.8) is 0 Å². The van der Waals surface area contributed by atoms with Crippen molar-refractivity contribution >= 4 is 22.7 Å². The van der Waals surface area contributed by atoms with Crippen LogP contribution < -0.4 is 0 Å². The molecule has 0 radical (unpaired) electrons. The van der Waals surface area contributed by atoms with Crippen molar-refractivity contribution < 1.29 is 19.1 Å². The SMILES string of the molecule is CCc1ccc([C@H]2C(C(=O)c3cc4ccccc4o3)=C(O)C(=O)N2CCCn2ccnc2)cc1. The van der Waals surface area contributed by atoms with Crippen molar-refractivity contribution in [2.24, 2.45) is 0 Å². The van der Waals surface area contributed by atoms with Gasteiger partial charge < -0.3 is 19.0 Å². The predicted octanol–water partition coefficient (Wildman–Crippen LogP) is 4.86. The Labute approximate surface area is 196 Å². The van der Waals surface area contributed by atoms with E-state index in [1.54, 1.807) is 29.6 Å². The molecule has 1 N–H and O–H groups in total. The van der Waals surface area contributed by atoms with Crippen molar-refractivity contribution in [1.29, 1.82) is 0 Å². The second kappa shape index (κ2) is 9.02. The summed E-state index contributed by atoms with van der Waals surface area (Å²) in [5, 5.41) is 11.6. The van der Waals surface area contributed by atoms with Crippen LogP contribution in [-0.2, 0) is 17.8 Å². The third-order valence-corrected chi connectivity index (χ3v) is 6.28. The van der Waals surface area contributed by atoms with Gasteiger partial charge in [0.25, 0.3) is 5.91 Å². The molecule has 0 saturated heterocycles. The van der Waals surface area contributed by atoms with Crippen LogP contribution in [0.15, 0.2) is 89.1 Å². The van der Waals surface area contributed by atoms with Gasteiger partial charge in [0.05, 0.1) is 17.9 Å². The lowest BCUT2D eigenvalue weighted by molar-refractivity contribution is -0.129. The fourth-order valence-corrected chi connectivity index (χ4v) is 4.47. The molecule has 1 atom stereocenters. The third-order valence-electron chi connectivity index (χ3n) is 6.28. The van der Waals surface area contributed by atoms with Gasteiger partial charge in [0.15, 0.2) is 11.5 Å². The maximum Gasteiger partial charge on any atom is 0.290 e. The molecule has 7 heteroatoms. The number of carbonyl (C=O) groups excluding carboxylic acids is 2. The summed E-state index contributed by atoms with van der Waals surface area (Å²) in [6.45, 7) is 3.11. The first kappa shape index (κ1) is 21.7. The Morgan fingerprint density at radius 2 is 1.91 bits per heavy atom. The minimum absolute atomic E-state index is 0.0518. The van der Waals surface area contributed by atoms with Crippen LogP contribution in [0.2, 0.25) is 0 Å². The number of carbonyl (C=O) groups is 2. The van der Waals surface area contributed by atoms with Crippen LogP contribution in [0, 0.1) is 0 Å². The molecule has 4 aromatic rings. The average molecular weight is 456 g/mol.